The standard InChI is InChI=1S/C25H22I2N2O6S/c1-5-35-24(32)20-12(2)28-25-29(21(20)15-11-14(33-3)6-7-18(15)34-4)23(31)19(36-25)10-13-8-16(26)22(30)17(27)9-13/h6-11,21,30H,5H2,1-4H3/b19-10-/t21-/m1/s1. The Kier molecular flexibility index (Phi) is 8.09. The molecule has 0 fully saturated rings. The third-order valence-electron chi connectivity index (χ3n) is 5.59. The number of hydrogen-bond acceptors (Lipinski definition) is 8. The van der Waals surface area contributed by atoms with E-state index < -0.39 is 12.0 Å². The van der Waals surface area contributed by atoms with Crippen LogP contribution in [0, 0.1) is 7.14 Å². The van der Waals surface area contributed by atoms with Crippen LogP contribution in [-0.4, -0.2) is 36.5 Å². The monoisotopic (exact) mass is 732 g/mol. The maximum atomic E-state index is 13.8. The first-order valence-corrected chi connectivity index (χ1v) is 13.8. The first kappa shape index (κ1) is 26.7. The highest BCUT2D eigenvalue weighted by Gasteiger charge is 2.35. The first-order valence-electron chi connectivity index (χ1n) is 10.8. The van der Waals surface area contributed by atoms with E-state index in [1.165, 1.54) is 23.0 Å². The highest BCUT2D eigenvalue weighted by atomic mass is 127. The molecule has 0 spiro atoms. The van der Waals surface area contributed by atoms with E-state index in [0.717, 1.165) is 5.56 Å². The summed E-state index contributed by atoms with van der Waals surface area (Å²) in [7, 11) is 3.08. The van der Waals surface area contributed by atoms with Crippen LogP contribution in [0.4, 0.5) is 0 Å². The Morgan fingerprint density at radius 2 is 1.89 bits per heavy atom. The normalized spacial score (nSPS) is 15.4. The van der Waals surface area contributed by atoms with Crippen LogP contribution in [0.3, 0.4) is 0 Å². The van der Waals surface area contributed by atoms with Gasteiger partial charge < -0.3 is 19.3 Å². The van der Waals surface area contributed by atoms with Gasteiger partial charge in [-0.3, -0.25) is 9.36 Å². The molecule has 0 amide bonds. The van der Waals surface area contributed by atoms with Gasteiger partial charge in [-0.15, -0.1) is 0 Å². The molecule has 1 aromatic heterocycles. The number of benzene rings is 2. The zero-order valence-corrected chi connectivity index (χ0v) is 24.9. The number of nitrogens with zero attached hydrogens (tertiary/aromatic N) is 2. The molecule has 1 atom stereocenters. The number of allylic oxidation sites excluding steroid dienone is 1. The van der Waals surface area contributed by atoms with Gasteiger partial charge in [0.2, 0.25) is 0 Å². The van der Waals surface area contributed by atoms with Crippen LogP contribution in [0.1, 0.15) is 31.0 Å². The molecule has 0 saturated heterocycles. The van der Waals surface area contributed by atoms with Crippen LogP contribution in [0.15, 0.2) is 51.4 Å². The molecule has 188 valence electrons. The number of thiazole rings is 1. The van der Waals surface area contributed by atoms with E-state index in [1.807, 2.05) is 0 Å². The number of methoxy groups -OCH3 is 2. The summed E-state index contributed by atoms with van der Waals surface area (Å²) in [4.78, 5) is 32.0. The quantitative estimate of drug-likeness (QED) is 0.307. The van der Waals surface area contributed by atoms with Crippen molar-refractivity contribution in [1.82, 2.24) is 4.57 Å². The molecule has 1 aliphatic heterocycles. The molecule has 2 heterocycles. The molecule has 2 aromatic carbocycles. The second-order valence-corrected chi connectivity index (χ2v) is 11.1. The zero-order chi connectivity index (χ0) is 26.1. The van der Waals surface area contributed by atoms with Crippen LogP contribution in [0.25, 0.3) is 6.08 Å². The van der Waals surface area contributed by atoms with E-state index in [2.05, 4.69) is 50.2 Å². The minimum Gasteiger partial charge on any atom is -0.506 e. The van der Waals surface area contributed by atoms with E-state index in [4.69, 9.17) is 14.2 Å². The van der Waals surface area contributed by atoms with E-state index in [9.17, 15) is 14.7 Å². The lowest BCUT2D eigenvalue weighted by molar-refractivity contribution is -0.139. The van der Waals surface area contributed by atoms with Crippen molar-refractivity contribution in [1.29, 1.82) is 0 Å². The average molecular weight is 732 g/mol. The topological polar surface area (TPSA) is 99.4 Å². The van der Waals surface area contributed by atoms with E-state index >= 15 is 0 Å². The number of aromatic nitrogens is 1. The third kappa shape index (κ3) is 4.92. The molecular weight excluding hydrogens is 710 g/mol. The molecule has 0 bridgehead atoms. The maximum absolute atomic E-state index is 13.8. The van der Waals surface area contributed by atoms with Crippen LogP contribution >= 0.6 is 56.5 Å². The van der Waals surface area contributed by atoms with E-state index in [1.54, 1.807) is 57.4 Å². The minimum atomic E-state index is -0.826. The Morgan fingerprint density at radius 1 is 1.19 bits per heavy atom. The van der Waals surface area contributed by atoms with Crippen molar-refractivity contribution in [3.8, 4) is 17.2 Å². The van der Waals surface area contributed by atoms with Gasteiger partial charge in [-0.1, -0.05) is 11.3 Å². The Bertz CT molecular complexity index is 1550. The van der Waals surface area contributed by atoms with Gasteiger partial charge in [-0.25, -0.2) is 9.79 Å². The molecule has 0 saturated carbocycles. The smallest absolute Gasteiger partial charge is 0.338 e. The highest BCUT2D eigenvalue weighted by Crippen LogP contribution is 2.38. The lowest BCUT2D eigenvalue weighted by Crippen LogP contribution is -2.40. The van der Waals surface area contributed by atoms with Gasteiger partial charge in [0.25, 0.3) is 5.56 Å². The van der Waals surface area contributed by atoms with Crippen molar-refractivity contribution in [2.24, 2.45) is 4.99 Å². The molecule has 0 aliphatic carbocycles. The molecule has 3 aromatic rings. The summed E-state index contributed by atoms with van der Waals surface area (Å²) in [6, 6.07) is 8.02. The van der Waals surface area contributed by atoms with Gasteiger partial charge in [0, 0.05) is 5.56 Å². The molecule has 4 rings (SSSR count). The van der Waals surface area contributed by atoms with Crippen molar-refractivity contribution >= 4 is 68.6 Å². The van der Waals surface area contributed by atoms with Gasteiger partial charge >= 0.3 is 5.97 Å². The SMILES string of the molecule is CCOC(=O)C1=C(C)N=c2s/c(=C\c3cc(I)c(O)c(I)c3)c(=O)n2[C@@H]1c1cc(OC)ccc1OC. The molecule has 1 aliphatic rings. The number of aromatic hydroxyl groups is 1. The summed E-state index contributed by atoms with van der Waals surface area (Å²) >= 11 is 5.33. The summed E-state index contributed by atoms with van der Waals surface area (Å²) in [6.45, 7) is 3.64. The molecule has 0 radical (unpaired) electrons. The van der Waals surface area contributed by atoms with Gasteiger partial charge in [0.05, 0.1) is 43.8 Å². The number of ether oxygens (including phenoxy) is 3. The molecule has 0 unspecified atom stereocenters. The van der Waals surface area contributed by atoms with Crippen LogP contribution in [0.5, 0.6) is 17.2 Å². The number of halogens is 2. The summed E-state index contributed by atoms with van der Waals surface area (Å²) in [5.74, 6) is 0.703. The fraction of sp³-hybridized carbons (Fsp3) is 0.240. The van der Waals surface area contributed by atoms with Gasteiger partial charge in [0.1, 0.15) is 23.3 Å². The number of hydrogen-bond donors (Lipinski definition) is 1. The number of carbonyl (C=O) groups excluding carboxylic acids is 1. The van der Waals surface area contributed by atoms with Gasteiger partial charge in [0.15, 0.2) is 4.80 Å². The van der Waals surface area contributed by atoms with E-state index in [-0.39, 0.29) is 23.5 Å². The Labute approximate surface area is 238 Å². The van der Waals surface area contributed by atoms with Crippen molar-refractivity contribution < 1.29 is 24.1 Å². The lowest BCUT2D eigenvalue weighted by atomic mass is 9.94. The zero-order valence-electron chi connectivity index (χ0n) is 19.8. The molecule has 1 N–H and O–H groups in total. The largest absolute Gasteiger partial charge is 0.506 e. The van der Waals surface area contributed by atoms with Gasteiger partial charge in [-0.2, -0.15) is 0 Å². The number of esters is 1. The molecule has 36 heavy (non-hydrogen) atoms. The maximum Gasteiger partial charge on any atom is 0.338 e. The van der Waals surface area contributed by atoms with Crippen LogP contribution < -0.4 is 24.4 Å². The van der Waals surface area contributed by atoms with E-state index in [0.29, 0.717) is 39.2 Å². The second-order valence-electron chi connectivity index (χ2n) is 7.74. The molecule has 8 nitrogen and oxygen atoms in total. The summed E-state index contributed by atoms with van der Waals surface area (Å²) in [5, 5.41) is 10.1. The molecule has 11 heteroatoms. The Morgan fingerprint density at radius 3 is 2.50 bits per heavy atom. The number of carbonyl (C=O) groups is 1. The predicted octanol–water partition coefficient (Wildman–Crippen LogP) is 3.73. The van der Waals surface area contributed by atoms with Gasteiger partial charge in [-0.05, 0) is 101 Å². The predicted molar refractivity (Wildman–Crippen MR) is 153 cm³/mol. The number of fused-ring (bicyclic) bond motifs is 1. The fourth-order valence-corrected chi connectivity index (χ4v) is 6.82. The summed E-state index contributed by atoms with van der Waals surface area (Å²) < 4.78 is 19.7. The Hall–Kier alpha value is -2.39. The summed E-state index contributed by atoms with van der Waals surface area (Å²) in [5.41, 5.74) is 1.77. The third-order valence-corrected chi connectivity index (χ3v) is 8.21. The summed E-state index contributed by atoms with van der Waals surface area (Å²) in [6.07, 6.45) is 1.76. The number of phenolic OH excluding ortho intramolecular Hbond substituents is 1. The minimum absolute atomic E-state index is 0.181. The highest BCUT2D eigenvalue weighted by molar-refractivity contribution is 14.1. The van der Waals surface area contributed by atoms with Crippen LogP contribution in [0.2, 0.25) is 0 Å². The number of rotatable bonds is 6. The van der Waals surface area contributed by atoms with Crippen molar-refractivity contribution in [2.75, 3.05) is 20.8 Å². The Balaban J connectivity index is 2.02. The fourth-order valence-electron chi connectivity index (χ4n) is 3.96. The van der Waals surface area contributed by atoms with Crippen molar-refractivity contribution in [2.45, 2.75) is 19.9 Å². The lowest BCUT2D eigenvalue weighted by Gasteiger charge is -2.26. The van der Waals surface area contributed by atoms with Crippen molar-refractivity contribution in [3.63, 3.8) is 0 Å². The average Bonchev–Trinajstić information content (AvgIpc) is 3.15. The van der Waals surface area contributed by atoms with Crippen molar-refractivity contribution in [3.05, 3.63) is 79.6 Å². The molecular formula is C25H22I2N2O6S. The first-order chi connectivity index (χ1) is 17.2. The second kappa shape index (κ2) is 10.9. The number of phenols is 1. The van der Waals surface area contributed by atoms with Crippen LogP contribution in [-0.2, 0) is 9.53 Å².